The maximum atomic E-state index is 8.72. The number of methoxy groups -OCH3 is 1. The molecule has 4 nitrogen and oxygen atoms in total. The van der Waals surface area contributed by atoms with Crippen LogP contribution in [0, 0.1) is 5.92 Å². The molecule has 1 aromatic carbocycles. The summed E-state index contributed by atoms with van der Waals surface area (Å²) < 4.78 is 11.9. The number of halogens is 1. The molecule has 1 fully saturated rings. The van der Waals surface area contributed by atoms with E-state index in [1.807, 2.05) is 12.1 Å². The second-order valence-electron chi connectivity index (χ2n) is 4.20. The van der Waals surface area contributed by atoms with Gasteiger partial charge in [0.2, 0.25) is 0 Å². The molecule has 1 saturated carbocycles. The Hall–Kier alpha value is -0.780. The van der Waals surface area contributed by atoms with Gasteiger partial charge in [-0.3, -0.25) is 0 Å². The van der Waals surface area contributed by atoms with Crippen molar-refractivity contribution in [2.75, 3.05) is 13.7 Å². The predicted octanol–water partition coefficient (Wildman–Crippen LogP) is 2.73. The van der Waals surface area contributed by atoms with Crippen LogP contribution in [0.5, 0.6) is 11.5 Å². The second-order valence-corrected chi connectivity index (χ2v) is 5.05. The monoisotopic (exact) mass is 301 g/mol. The predicted molar refractivity (Wildman–Crippen MR) is 67.5 cm³/mol. The smallest absolute Gasteiger partial charge is 0.174 e. The van der Waals surface area contributed by atoms with Gasteiger partial charge in [-0.15, -0.1) is 0 Å². The van der Waals surface area contributed by atoms with Crippen molar-refractivity contribution >= 4 is 15.9 Å². The number of hydrogen-bond acceptors (Lipinski definition) is 4. The summed E-state index contributed by atoms with van der Waals surface area (Å²) in [6.45, 7) is 1.11. The van der Waals surface area contributed by atoms with Gasteiger partial charge in [0.1, 0.15) is 0 Å². The SMILES string of the molecule is COc1c(Br)cc(CNO)cc1OCC1CC1. The molecule has 94 valence electrons. The summed E-state index contributed by atoms with van der Waals surface area (Å²) in [5.74, 6) is 2.12. The van der Waals surface area contributed by atoms with Gasteiger partial charge < -0.3 is 14.7 Å². The van der Waals surface area contributed by atoms with Crippen LogP contribution >= 0.6 is 15.9 Å². The van der Waals surface area contributed by atoms with Gasteiger partial charge in [0.05, 0.1) is 18.2 Å². The van der Waals surface area contributed by atoms with Gasteiger partial charge in [0.25, 0.3) is 0 Å². The van der Waals surface area contributed by atoms with Crippen molar-refractivity contribution in [3.63, 3.8) is 0 Å². The molecule has 2 N–H and O–H groups in total. The summed E-state index contributed by atoms with van der Waals surface area (Å²) in [5.41, 5.74) is 3.07. The van der Waals surface area contributed by atoms with Crippen LogP contribution in [0.4, 0.5) is 0 Å². The first-order chi connectivity index (χ1) is 8.24. The first kappa shape index (κ1) is 12.7. The third-order valence-electron chi connectivity index (χ3n) is 2.73. The van der Waals surface area contributed by atoms with Crippen LogP contribution in [0.15, 0.2) is 16.6 Å². The van der Waals surface area contributed by atoms with E-state index in [0.717, 1.165) is 22.4 Å². The molecular formula is C12H16BrNO3. The fraction of sp³-hybridized carbons (Fsp3) is 0.500. The summed E-state index contributed by atoms with van der Waals surface area (Å²) in [6.07, 6.45) is 2.50. The molecule has 0 atom stereocenters. The van der Waals surface area contributed by atoms with E-state index >= 15 is 0 Å². The van der Waals surface area contributed by atoms with E-state index < -0.39 is 0 Å². The topological polar surface area (TPSA) is 50.7 Å². The minimum atomic E-state index is 0.377. The van der Waals surface area contributed by atoms with Crippen LogP contribution in [0.3, 0.4) is 0 Å². The third kappa shape index (κ3) is 3.34. The fourth-order valence-corrected chi connectivity index (χ4v) is 2.26. The summed E-state index contributed by atoms with van der Waals surface area (Å²) in [5, 5.41) is 8.72. The molecule has 0 spiro atoms. The molecular weight excluding hydrogens is 286 g/mol. The van der Waals surface area contributed by atoms with E-state index in [4.69, 9.17) is 14.7 Å². The van der Waals surface area contributed by atoms with Crippen molar-refractivity contribution in [2.45, 2.75) is 19.4 Å². The van der Waals surface area contributed by atoms with Gasteiger partial charge in [-0.05, 0) is 52.4 Å². The maximum Gasteiger partial charge on any atom is 0.174 e. The first-order valence-corrected chi connectivity index (χ1v) is 6.40. The van der Waals surface area contributed by atoms with Gasteiger partial charge in [-0.25, -0.2) is 5.48 Å². The van der Waals surface area contributed by atoms with Crippen molar-refractivity contribution in [1.29, 1.82) is 0 Å². The number of nitrogens with one attached hydrogen (secondary N) is 1. The lowest BCUT2D eigenvalue weighted by Crippen LogP contribution is -2.07. The lowest BCUT2D eigenvalue weighted by atomic mass is 10.2. The Morgan fingerprint density at radius 2 is 2.24 bits per heavy atom. The highest BCUT2D eigenvalue weighted by atomic mass is 79.9. The van der Waals surface area contributed by atoms with E-state index in [9.17, 15) is 0 Å². The van der Waals surface area contributed by atoms with E-state index in [2.05, 4.69) is 21.4 Å². The first-order valence-electron chi connectivity index (χ1n) is 5.60. The Bertz CT molecular complexity index is 394. The van der Waals surface area contributed by atoms with E-state index in [1.54, 1.807) is 7.11 Å². The number of hydrogen-bond donors (Lipinski definition) is 2. The molecule has 0 saturated heterocycles. The number of benzene rings is 1. The zero-order valence-corrected chi connectivity index (χ0v) is 11.3. The van der Waals surface area contributed by atoms with Crippen LogP contribution < -0.4 is 15.0 Å². The van der Waals surface area contributed by atoms with Crippen molar-refractivity contribution in [3.8, 4) is 11.5 Å². The fourth-order valence-electron chi connectivity index (χ4n) is 1.61. The molecule has 0 aliphatic heterocycles. The number of hydroxylamine groups is 1. The Labute approximate surface area is 109 Å². The maximum absolute atomic E-state index is 8.72. The van der Waals surface area contributed by atoms with Gasteiger partial charge in [0.15, 0.2) is 11.5 Å². The minimum absolute atomic E-state index is 0.377. The van der Waals surface area contributed by atoms with E-state index in [-0.39, 0.29) is 0 Å². The van der Waals surface area contributed by atoms with Crippen molar-refractivity contribution in [1.82, 2.24) is 5.48 Å². The second kappa shape index (κ2) is 5.71. The van der Waals surface area contributed by atoms with Crippen LogP contribution in [-0.2, 0) is 6.54 Å². The highest BCUT2D eigenvalue weighted by molar-refractivity contribution is 9.10. The molecule has 5 heteroatoms. The van der Waals surface area contributed by atoms with Crippen LogP contribution in [0.25, 0.3) is 0 Å². The van der Waals surface area contributed by atoms with Gasteiger partial charge >= 0.3 is 0 Å². The molecule has 1 aliphatic rings. The zero-order valence-electron chi connectivity index (χ0n) is 9.70. The zero-order chi connectivity index (χ0) is 12.3. The highest BCUT2D eigenvalue weighted by Gasteiger charge is 2.23. The van der Waals surface area contributed by atoms with Crippen molar-refractivity contribution < 1.29 is 14.7 Å². The van der Waals surface area contributed by atoms with Crippen molar-refractivity contribution in [3.05, 3.63) is 22.2 Å². The standard InChI is InChI=1S/C12H16BrNO3/c1-16-12-10(13)4-9(6-14-15)5-11(12)17-7-8-2-3-8/h4-5,8,14-15H,2-3,6-7H2,1H3. The molecule has 2 rings (SSSR count). The van der Waals surface area contributed by atoms with Crippen LogP contribution in [0.1, 0.15) is 18.4 Å². The quantitative estimate of drug-likeness (QED) is 0.793. The van der Waals surface area contributed by atoms with E-state index in [0.29, 0.717) is 18.2 Å². The summed E-state index contributed by atoms with van der Waals surface area (Å²) in [6, 6.07) is 3.78. The summed E-state index contributed by atoms with van der Waals surface area (Å²) in [4.78, 5) is 0. The molecule has 17 heavy (non-hydrogen) atoms. The Morgan fingerprint density at radius 3 is 2.82 bits per heavy atom. The molecule has 0 aromatic heterocycles. The molecule has 1 aliphatic carbocycles. The third-order valence-corrected chi connectivity index (χ3v) is 3.32. The number of rotatable bonds is 6. The molecule has 0 bridgehead atoms. The van der Waals surface area contributed by atoms with E-state index in [1.165, 1.54) is 12.8 Å². The highest BCUT2D eigenvalue weighted by Crippen LogP contribution is 2.38. The molecule has 0 heterocycles. The number of ether oxygens (including phenoxy) is 2. The Kier molecular flexibility index (Phi) is 4.25. The Balaban J connectivity index is 2.17. The van der Waals surface area contributed by atoms with Gasteiger partial charge in [-0.1, -0.05) is 0 Å². The lowest BCUT2D eigenvalue weighted by Gasteiger charge is -2.13. The summed E-state index contributed by atoms with van der Waals surface area (Å²) >= 11 is 3.44. The van der Waals surface area contributed by atoms with Crippen LogP contribution in [0.2, 0.25) is 0 Å². The molecule has 0 unspecified atom stereocenters. The molecule has 0 radical (unpaired) electrons. The average molecular weight is 302 g/mol. The normalized spacial score (nSPS) is 14.8. The largest absolute Gasteiger partial charge is 0.492 e. The molecule has 0 amide bonds. The van der Waals surface area contributed by atoms with Crippen molar-refractivity contribution in [2.24, 2.45) is 5.92 Å². The van der Waals surface area contributed by atoms with Crippen LogP contribution in [-0.4, -0.2) is 18.9 Å². The molecule has 1 aromatic rings. The van der Waals surface area contributed by atoms with Gasteiger partial charge in [-0.2, -0.15) is 0 Å². The minimum Gasteiger partial charge on any atom is -0.492 e. The summed E-state index contributed by atoms with van der Waals surface area (Å²) in [7, 11) is 1.62. The Morgan fingerprint density at radius 1 is 1.47 bits per heavy atom. The lowest BCUT2D eigenvalue weighted by molar-refractivity contribution is 0.161. The average Bonchev–Trinajstić information content (AvgIpc) is 3.10. The van der Waals surface area contributed by atoms with Gasteiger partial charge in [0, 0.05) is 6.54 Å².